The van der Waals surface area contributed by atoms with Gasteiger partial charge in [0.15, 0.2) is 0 Å². The van der Waals surface area contributed by atoms with Gasteiger partial charge in [0.05, 0.1) is 11.2 Å². The average Bonchev–Trinajstić information content (AvgIpc) is 3.62. The molecule has 0 N–H and O–H groups in total. The third kappa shape index (κ3) is 3.33. The number of para-hydroxylation sites is 4. The van der Waals surface area contributed by atoms with Crippen LogP contribution in [-0.4, -0.2) is 4.57 Å². The lowest BCUT2D eigenvalue weighted by Crippen LogP contribution is -2.19. The van der Waals surface area contributed by atoms with Crippen molar-refractivity contribution in [2.75, 3.05) is 0 Å². The van der Waals surface area contributed by atoms with E-state index in [-0.39, 0.29) is 5.41 Å². The zero-order valence-corrected chi connectivity index (χ0v) is 24.1. The van der Waals surface area contributed by atoms with Crippen LogP contribution in [0.25, 0.3) is 66.9 Å². The molecule has 0 saturated carbocycles. The maximum Gasteiger partial charge on any atom is 0.143 e. The molecule has 1 aliphatic carbocycles. The minimum absolute atomic E-state index is 0.240. The van der Waals surface area contributed by atoms with E-state index in [4.69, 9.17) is 4.42 Å². The highest BCUT2D eigenvalue weighted by atomic mass is 16.3. The second kappa shape index (κ2) is 8.96. The molecule has 42 heavy (non-hydrogen) atoms. The van der Waals surface area contributed by atoms with E-state index in [1.807, 2.05) is 18.2 Å². The first kappa shape index (κ1) is 24.7. The molecule has 2 heterocycles. The third-order valence-electron chi connectivity index (χ3n) is 9.18. The molecule has 7 aromatic rings. The maximum atomic E-state index is 6.42. The number of allylic oxidation sites excluding steroid dienone is 2. The SMILES string of the molecule is C=Cc1c(C2=C(C)c3ccc(-c4cccc5c4oc4ccccc45)cc3C2(C)C)n(-c2ccccc2)c2ccccc12. The van der Waals surface area contributed by atoms with Crippen LogP contribution in [0.2, 0.25) is 0 Å². The molecule has 0 radical (unpaired) electrons. The molecule has 0 saturated heterocycles. The van der Waals surface area contributed by atoms with Gasteiger partial charge in [0.2, 0.25) is 0 Å². The molecular weight excluding hydrogens is 510 g/mol. The summed E-state index contributed by atoms with van der Waals surface area (Å²) in [5.74, 6) is 0. The van der Waals surface area contributed by atoms with Gasteiger partial charge in [-0.1, -0.05) is 111 Å². The van der Waals surface area contributed by atoms with Gasteiger partial charge in [0, 0.05) is 38.4 Å². The van der Waals surface area contributed by atoms with Crippen molar-refractivity contribution in [1.29, 1.82) is 0 Å². The summed E-state index contributed by atoms with van der Waals surface area (Å²) in [5.41, 5.74) is 14.0. The highest BCUT2D eigenvalue weighted by Gasteiger charge is 2.40. The van der Waals surface area contributed by atoms with Crippen LogP contribution in [0.5, 0.6) is 0 Å². The highest BCUT2D eigenvalue weighted by Crippen LogP contribution is 2.54. The van der Waals surface area contributed by atoms with E-state index in [1.54, 1.807) is 0 Å². The fourth-order valence-electron chi connectivity index (χ4n) is 7.31. The van der Waals surface area contributed by atoms with Crippen molar-refractivity contribution in [2.24, 2.45) is 0 Å². The average molecular weight is 542 g/mol. The molecule has 5 aromatic carbocycles. The predicted octanol–water partition coefficient (Wildman–Crippen LogP) is 11.1. The van der Waals surface area contributed by atoms with Crippen molar-refractivity contribution in [3.63, 3.8) is 0 Å². The van der Waals surface area contributed by atoms with Crippen LogP contribution in [-0.2, 0) is 5.41 Å². The van der Waals surface area contributed by atoms with Gasteiger partial charge >= 0.3 is 0 Å². The summed E-state index contributed by atoms with van der Waals surface area (Å²) in [6.45, 7) is 11.3. The Balaban J connectivity index is 1.36. The number of hydrogen-bond donors (Lipinski definition) is 0. The van der Waals surface area contributed by atoms with Crippen molar-refractivity contribution in [3.8, 4) is 16.8 Å². The van der Waals surface area contributed by atoms with Crippen molar-refractivity contribution in [2.45, 2.75) is 26.2 Å². The summed E-state index contributed by atoms with van der Waals surface area (Å²) < 4.78 is 8.85. The Kier molecular flexibility index (Phi) is 5.27. The molecule has 0 atom stereocenters. The summed E-state index contributed by atoms with van der Waals surface area (Å²) in [7, 11) is 0. The monoisotopic (exact) mass is 541 g/mol. The number of rotatable bonds is 4. The van der Waals surface area contributed by atoms with Crippen LogP contribution in [0.4, 0.5) is 0 Å². The summed E-state index contributed by atoms with van der Waals surface area (Å²) in [5, 5.41) is 3.53. The molecule has 0 fully saturated rings. The molecule has 8 rings (SSSR count). The molecule has 0 amide bonds. The second-order valence-electron chi connectivity index (χ2n) is 11.8. The van der Waals surface area contributed by atoms with E-state index in [9.17, 15) is 0 Å². The molecule has 0 spiro atoms. The standard InChI is InChI=1S/C40H31NO/c1-5-28-31-16-9-11-20-35(31)41(27-14-7-6-8-15-27)38(28)37-25(2)29-23-22-26(24-34(29)40(37,3)4)30-18-13-19-33-32-17-10-12-21-36(32)42-39(30)33/h5-24H,1H2,2-4H3. The molecule has 1 aliphatic rings. The second-order valence-corrected chi connectivity index (χ2v) is 11.8. The van der Waals surface area contributed by atoms with Gasteiger partial charge in [-0.3, -0.25) is 0 Å². The first-order valence-corrected chi connectivity index (χ1v) is 14.6. The Bertz CT molecular complexity index is 2240. The van der Waals surface area contributed by atoms with E-state index in [1.165, 1.54) is 50.0 Å². The number of hydrogen-bond acceptors (Lipinski definition) is 1. The lowest BCUT2D eigenvalue weighted by atomic mass is 9.78. The van der Waals surface area contributed by atoms with Crippen molar-refractivity contribution >= 4 is 50.1 Å². The Hall–Kier alpha value is -5.08. The van der Waals surface area contributed by atoms with Gasteiger partial charge in [-0.2, -0.15) is 0 Å². The van der Waals surface area contributed by atoms with E-state index in [2.05, 4.69) is 135 Å². The third-order valence-corrected chi connectivity index (χ3v) is 9.18. The van der Waals surface area contributed by atoms with Crippen LogP contribution < -0.4 is 0 Å². The molecule has 2 aromatic heterocycles. The van der Waals surface area contributed by atoms with Gasteiger partial charge < -0.3 is 8.98 Å². The molecule has 202 valence electrons. The fraction of sp³-hybridized carbons (Fsp3) is 0.100. The Morgan fingerprint density at radius 3 is 2.24 bits per heavy atom. The minimum atomic E-state index is -0.240. The van der Waals surface area contributed by atoms with Crippen LogP contribution in [0.3, 0.4) is 0 Å². The van der Waals surface area contributed by atoms with Gasteiger partial charge in [-0.15, -0.1) is 0 Å². The Morgan fingerprint density at radius 1 is 0.714 bits per heavy atom. The maximum absolute atomic E-state index is 6.42. The van der Waals surface area contributed by atoms with Gasteiger partial charge in [0.25, 0.3) is 0 Å². The summed E-state index contributed by atoms with van der Waals surface area (Å²) in [6.07, 6.45) is 2.03. The van der Waals surface area contributed by atoms with Crippen LogP contribution in [0.15, 0.2) is 126 Å². The van der Waals surface area contributed by atoms with Crippen LogP contribution in [0, 0.1) is 0 Å². The normalized spacial score (nSPS) is 14.3. The Labute approximate surface area is 245 Å². The first-order chi connectivity index (χ1) is 20.5. The van der Waals surface area contributed by atoms with E-state index in [0.29, 0.717) is 0 Å². The molecule has 0 bridgehead atoms. The summed E-state index contributed by atoms with van der Waals surface area (Å²) in [4.78, 5) is 0. The van der Waals surface area contributed by atoms with Gasteiger partial charge in [-0.25, -0.2) is 0 Å². The van der Waals surface area contributed by atoms with E-state index < -0.39 is 0 Å². The molecular formula is C40H31NO. The zero-order valence-electron chi connectivity index (χ0n) is 24.1. The lowest BCUT2D eigenvalue weighted by Gasteiger charge is -2.27. The quantitative estimate of drug-likeness (QED) is 0.217. The fourth-order valence-corrected chi connectivity index (χ4v) is 7.31. The number of benzene rings is 5. The molecule has 0 aliphatic heterocycles. The number of aromatic nitrogens is 1. The highest BCUT2D eigenvalue weighted by molar-refractivity contribution is 6.10. The predicted molar refractivity (Wildman–Crippen MR) is 178 cm³/mol. The smallest absolute Gasteiger partial charge is 0.143 e. The van der Waals surface area contributed by atoms with Gasteiger partial charge in [0.1, 0.15) is 11.2 Å². The van der Waals surface area contributed by atoms with Crippen LogP contribution in [0.1, 0.15) is 43.2 Å². The van der Waals surface area contributed by atoms with Crippen molar-refractivity contribution in [1.82, 2.24) is 4.57 Å². The van der Waals surface area contributed by atoms with Crippen LogP contribution >= 0.6 is 0 Å². The molecule has 2 heteroatoms. The summed E-state index contributed by atoms with van der Waals surface area (Å²) >= 11 is 0. The van der Waals surface area contributed by atoms with Crippen molar-refractivity contribution < 1.29 is 4.42 Å². The number of nitrogens with zero attached hydrogens (tertiary/aromatic N) is 1. The van der Waals surface area contributed by atoms with E-state index in [0.717, 1.165) is 33.2 Å². The minimum Gasteiger partial charge on any atom is -0.455 e. The van der Waals surface area contributed by atoms with E-state index >= 15 is 0 Å². The molecule has 2 nitrogen and oxygen atoms in total. The molecule has 0 unspecified atom stereocenters. The summed E-state index contributed by atoms with van der Waals surface area (Å²) in [6, 6.07) is 41.1. The number of furan rings is 1. The largest absolute Gasteiger partial charge is 0.455 e. The number of fused-ring (bicyclic) bond motifs is 5. The first-order valence-electron chi connectivity index (χ1n) is 14.6. The van der Waals surface area contributed by atoms with Gasteiger partial charge in [-0.05, 0) is 65.1 Å². The van der Waals surface area contributed by atoms with Crippen molar-refractivity contribution in [3.05, 3.63) is 144 Å². The lowest BCUT2D eigenvalue weighted by molar-refractivity contribution is 0.670. The Morgan fingerprint density at radius 2 is 1.43 bits per heavy atom. The zero-order chi connectivity index (χ0) is 28.6. The topological polar surface area (TPSA) is 18.1 Å².